The van der Waals surface area contributed by atoms with Crippen LogP contribution in [0.3, 0.4) is 0 Å². The molecule has 7 heavy (non-hydrogen) atoms. The van der Waals surface area contributed by atoms with Gasteiger partial charge in [0.05, 0.1) is 6.10 Å². The Labute approximate surface area is 44.0 Å². The van der Waals surface area contributed by atoms with E-state index >= 15 is 0 Å². The van der Waals surface area contributed by atoms with Crippen LogP contribution in [-0.2, 0) is 4.74 Å². The maximum Gasteiger partial charge on any atom is 0.113 e. The summed E-state index contributed by atoms with van der Waals surface area (Å²) < 4.78 is 4.84. The molecule has 1 atom stereocenters. The largest absolute Gasteiger partial charge is 0.367 e. The van der Waals surface area contributed by atoms with Gasteiger partial charge in [-0.25, -0.2) is 0 Å². The molecule has 0 N–H and O–H groups in total. The maximum atomic E-state index is 4.84. The molecule has 1 fully saturated rings. The molecule has 0 spiro atoms. The number of hydrogen-bond donors (Lipinski definition) is 0. The summed E-state index contributed by atoms with van der Waals surface area (Å²) in [5.41, 5.74) is 0. The highest BCUT2D eigenvalue weighted by Gasteiger charge is 2.21. The van der Waals surface area contributed by atoms with Crippen LogP contribution in [0.1, 0.15) is 12.8 Å². The summed E-state index contributed by atoms with van der Waals surface area (Å²) in [4.78, 5) is 0. The van der Waals surface area contributed by atoms with E-state index in [1.54, 1.807) is 0 Å². The van der Waals surface area contributed by atoms with E-state index in [0.29, 0.717) is 6.10 Å². The summed E-state index contributed by atoms with van der Waals surface area (Å²) in [5, 5.41) is 0. The lowest BCUT2D eigenvalue weighted by atomic mass is 10.2. The van der Waals surface area contributed by atoms with Crippen molar-refractivity contribution in [3.63, 3.8) is 0 Å². The second-order valence-electron chi connectivity index (χ2n) is 1.68. The van der Waals surface area contributed by atoms with Gasteiger partial charge in [-0.3, -0.25) is 0 Å². The highest BCUT2D eigenvalue weighted by atomic mass is 16.6. The normalized spacial score (nSPS) is 27.1. The van der Waals surface area contributed by atoms with Gasteiger partial charge in [0.2, 0.25) is 0 Å². The van der Waals surface area contributed by atoms with Gasteiger partial charge >= 0.3 is 0 Å². The Bertz CT molecular complexity index is 64.6. The smallest absolute Gasteiger partial charge is 0.113 e. The zero-order valence-corrected chi connectivity index (χ0v) is 4.26. The van der Waals surface area contributed by atoms with E-state index in [1.165, 1.54) is 0 Å². The maximum absolute atomic E-state index is 4.84. The van der Waals surface area contributed by atoms with Gasteiger partial charge in [-0.15, -0.1) is 6.58 Å². The number of allylic oxidation sites excluding steroid dienone is 1. The lowest BCUT2D eigenvalue weighted by Gasteiger charge is -1.82. The Balaban J connectivity index is 1.88. The SMILES string of the molecule is C=CCCC1[CH]O1. The summed E-state index contributed by atoms with van der Waals surface area (Å²) in [7, 11) is 0. The third-order valence-corrected chi connectivity index (χ3v) is 0.984. The standard InChI is InChI=1S/C6H9O/c1-2-3-4-6-5-7-6/h2,5-6H,1,3-4H2. The van der Waals surface area contributed by atoms with E-state index in [2.05, 4.69) is 6.58 Å². The summed E-state index contributed by atoms with van der Waals surface area (Å²) in [6.45, 7) is 5.44. The first kappa shape index (κ1) is 4.85. The molecule has 1 radical (unpaired) electrons. The van der Waals surface area contributed by atoms with Gasteiger partial charge in [-0.05, 0) is 12.8 Å². The molecule has 0 saturated carbocycles. The van der Waals surface area contributed by atoms with Crippen molar-refractivity contribution in [1.29, 1.82) is 0 Å². The molecule has 0 aromatic carbocycles. The van der Waals surface area contributed by atoms with Crippen LogP contribution < -0.4 is 0 Å². The molecule has 1 aliphatic heterocycles. The van der Waals surface area contributed by atoms with Gasteiger partial charge in [-0.1, -0.05) is 6.08 Å². The van der Waals surface area contributed by atoms with E-state index in [-0.39, 0.29) is 0 Å². The van der Waals surface area contributed by atoms with E-state index in [4.69, 9.17) is 4.74 Å². The fraction of sp³-hybridized carbons (Fsp3) is 0.500. The molecule has 1 aliphatic rings. The van der Waals surface area contributed by atoms with Crippen molar-refractivity contribution in [3.05, 3.63) is 19.3 Å². The third kappa shape index (κ3) is 1.74. The Kier molecular flexibility index (Phi) is 1.47. The lowest BCUT2D eigenvalue weighted by molar-refractivity contribution is 0.412. The molecule has 1 heterocycles. The van der Waals surface area contributed by atoms with E-state index < -0.39 is 0 Å². The first-order chi connectivity index (χ1) is 3.43. The average Bonchev–Trinajstić information content (AvgIpc) is 2.42. The fourth-order valence-electron chi connectivity index (χ4n) is 0.474. The minimum atomic E-state index is 0.456. The van der Waals surface area contributed by atoms with Crippen molar-refractivity contribution in [2.75, 3.05) is 0 Å². The van der Waals surface area contributed by atoms with Gasteiger partial charge < -0.3 is 4.74 Å². The summed E-state index contributed by atoms with van der Waals surface area (Å²) in [6, 6.07) is 0. The quantitative estimate of drug-likeness (QED) is 0.384. The molecule has 0 bridgehead atoms. The molecule has 0 aromatic heterocycles. The average molecular weight is 97.1 g/mol. The number of rotatable bonds is 3. The van der Waals surface area contributed by atoms with Crippen molar-refractivity contribution < 1.29 is 4.74 Å². The van der Waals surface area contributed by atoms with Gasteiger partial charge in [0.15, 0.2) is 0 Å². The molecule has 1 rings (SSSR count). The Morgan fingerprint density at radius 3 is 3.00 bits per heavy atom. The highest BCUT2D eigenvalue weighted by Crippen LogP contribution is 2.20. The highest BCUT2D eigenvalue weighted by molar-refractivity contribution is 4.84. The zero-order valence-electron chi connectivity index (χ0n) is 4.26. The van der Waals surface area contributed by atoms with E-state index in [1.807, 2.05) is 12.7 Å². The van der Waals surface area contributed by atoms with Crippen LogP contribution in [0.25, 0.3) is 0 Å². The lowest BCUT2D eigenvalue weighted by Crippen LogP contribution is -1.78. The predicted octanol–water partition coefficient (Wildman–Crippen LogP) is 1.51. The van der Waals surface area contributed by atoms with Crippen LogP contribution in [0, 0.1) is 6.61 Å². The van der Waals surface area contributed by atoms with Crippen molar-refractivity contribution in [2.45, 2.75) is 18.9 Å². The summed E-state index contributed by atoms with van der Waals surface area (Å²) in [5.74, 6) is 0. The zero-order chi connectivity index (χ0) is 5.11. The first-order valence-corrected chi connectivity index (χ1v) is 2.53. The number of ether oxygens (including phenoxy) is 1. The Hall–Kier alpha value is -0.300. The summed E-state index contributed by atoms with van der Waals surface area (Å²) >= 11 is 0. The number of epoxide rings is 1. The van der Waals surface area contributed by atoms with E-state index in [9.17, 15) is 0 Å². The van der Waals surface area contributed by atoms with Gasteiger partial charge in [0, 0.05) is 0 Å². The summed E-state index contributed by atoms with van der Waals surface area (Å²) in [6.07, 6.45) is 4.55. The molecule has 1 saturated heterocycles. The van der Waals surface area contributed by atoms with Crippen molar-refractivity contribution in [2.24, 2.45) is 0 Å². The predicted molar refractivity (Wildman–Crippen MR) is 28.6 cm³/mol. The van der Waals surface area contributed by atoms with Crippen LogP contribution in [0.5, 0.6) is 0 Å². The Morgan fingerprint density at radius 2 is 2.57 bits per heavy atom. The van der Waals surface area contributed by atoms with Crippen LogP contribution in [0.15, 0.2) is 12.7 Å². The van der Waals surface area contributed by atoms with Gasteiger partial charge in [-0.2, -0.15) is 0 Å². The minimum absolute atomic E-state index is 0.456. The van der Waals surface area contributed by atoms with Crippen LogP contribution in [0.4, 0.5) is 0 Å². The van der Waals surface area contributed by atoms with Gasteiger partial charge in [0.25, 0.3) is 0 Å². The second-order valence-corrected chi connectivity index (χ2v) is 1.68. The molecular weight excluding hydrogens is 88.1 g/mol. The number of hydrogen-bond acceptors (Lipinski definition) is 1. The Morgan fingerprint density at radius 1 is 1.86 bits per heavy atom. The molecular formula is C6H9O. The van der Waals surface area contributed by atoms with Crippen LogP contribution in [-0.4, -0.2) is 6.10 Å². The fourth-order valence-corrected chi connectivity index (χ4v) is 0.474. The first-order valence-electron chi connectivity index (χ1n) is 2.53. The molecule has 1 nitrogen and oxygen atoms in total. The van der Waals surface area contributed by atoms with Crippen molar-refractivity contribution >= 4 is 0 Å². The molecule has 0 amide bonds. The topological polar surface area (TPSA) is 12.5 Å². The van der Waals surface area contributed by atoms with Crippen LogP contribution in [0.2, 0.25) is 0 Å². The van der Waals surface area contributed by atoms with E-state index in [0.717, 1.165) is 12.8 Å². The molecule has 39 valence electrons. The van der Waals surface area contributed by atoms with Crippen LogP contribution >= 0.6 is 0 Å². The van der Waals surface area contributed by atoms with Gasteiger partial charge in [0.1, 0.15) is 6.61 Å². The van der Waals surface area contributed by atoms with Crippen molar-refractivity contribution in [3.8, 4) is 0 Å². The molecule has 1 unspecified atom stereocenters. The second kappa shape index (κ2) is 2.12. The van der Waals surface area contributed by atoms with Crippen molar-refractivity contribution in [1.82, 2.24) is 0 Å². The molecule has 0 aliphatic carbocycles. The molecule has 0 aromatic rings. The molecule has 1 heteroatoms. The monoisotopic (exact) mass is 97.1 g/mol. The third-order valence-electron chi connectivity index (χ3n) is 0.984. The minimum Gasteiger partial charge on any atom is -0.367 e.